The summed E-state index contributed by atoms with van der Waals surface area (Å²) in [5.74, 6) is 0.105. The molecule has 20 heavy (non-hydrogen) atoms. The molecule has 2 N–H and O–H groups in total. The molecule has 1 heterocycles. The Balaban J connectivity index is 1.94. The van der Waals surface area contributed by atoms with Crippen LogP contribution in [0.1, 0.15) is 23.7 Å². The van der Waals surface area contributed by atoms with E-state index in [1.807, 2.05) is 35.2 Å². The number of hydrogen-bond acceptors (Lipinski definition) is 3. The van der Waals surface area contributed by atoms with E-state index in [2.05, 4.69) is 11.8 Å². The zero-order chi connectivity index (χ0) is 14.5. The number of carbonyl (C=O) groups is 1. The molecule has 108 valence electrons. The molecule has 1 amide bonds. The molecule has 1 aliphatic rings. The molecular formula is C15H21N3OS. The summed E-state index contributed by atoms with van der Waals surface area (Å²) in [5, 5.41) is 0. The van der Waals surface area contributed by atoms with Crippen molar-refractivity contribution in [3.63, 3.8) is 0 Å². The normalized spacial score (nSPS) is 17.8. The molecule has 1 saturated heterocycles. The van der Waals surface area contributed by atoms with Gasteiger partial charge in [-0.05, 0) is 18.6 Å². The predicted molar refractivity (Wildman–Crippen MR) is 84.8 cm³/mol. The molecule has 1 unspecified atom stereocenters. The molecule has 4 nitrogen and oxygen atoms in total. The molecule has 0 bridgehead atoms. The third-order valence-corrected chi connectivity index (χ3v) is 4.05. The van der Waals surface area contributed by atoms with E-state index in [-0.39, 0.29) is 11.9 Å². The quantitative estimate of drug-likeness (QED) is 0.854. The van der Waals surface area contributed by atoms with Crippen LogP contribution in [0.4, 0.5) is 0 Å². The lowest BCUT2D eigenvalue weighted by Crippen LogP contribution is -2.54. The molecular weight excluding hydrogens is 270 g/mol. The first-order valence-corrected chi connectivity index (χ1v) is 7.42. The predicted octanol–water partition coefficient (Wildman–Crippen LogP) is 1.51. The number of benzene rings is 1. The van der Waals surface area contributed by atoms with Crippen molar-refractivity contribution in [2.45, 2.75) is 19.4 Å². The summed E-state index contributed by atoms with van der Waals surface area (Å²) in [4.78, 5) is 17.1. The van der Waals surface area contributed by atoms with E-state index in [0.29, 0.717) is 4.99 Å². The number of carbonyl (C=O) groups excluding carboxylic acids is 1. The second-order valence-electron chi connectivity index (χ2n) is 5.02. The highest BCUT2D eigenvalue weighted by Crippen LogP contribution is 2.12. The van der Waals surface area contributed by atoms with Crippen molar-refractivity contribution in [1.29, 1.82) is 0 Å². The fourth-order valence-corrected chi connectivity index (χ4v) is 2.96. The van der Waals surface area contributed by atoms with E-state index >= 15 is 0 Å². The van der Waals surface area contributed by atoms with E-state index in [1.54, 1.807) is 0 Å². The molecule has 1 atom stereocenters. The Labute approximate surface area is 125 Å². The van der Waals surface area contributed by atoms with Crippen molar-refractivity contribution in [2.24, 2.45) is 5.73 Å². The van der Waals surface area contributed by atoms with E-state index in [1.165, 1.54) is 0 Å². The maximum Gasteiger partial charge on any atom is 0.253 e. The minimum absolute atomic E-state index is 0.105. The van der Waals surface area contributed by atoms with Crippen molar-refractivity contribution in [3.05, 3.63) is 35.9 Å². The van der Waals surface area contributed by atoms with Gasteiger partial charge in [0.2, 0.25) is 0 Å². The molecule has 1 fully saturated rings. The van der Waals surface area contributed by atoms with Gasteiger partial charge in [-0.2, -0.15) is 0 Å². The van der Waals surface area contributed by atoms with Gasteiger partial charge in [0.25, 0.3) is 5.91 Å². The van der Waals surface area contributed by atoms with E-state index in [9.17, 15) is 4.79 Å². The summed E-state index contributed by atoms with van der Waals surface area (Å²) < 4.78 is 0. The number of rotatable bonds is 4. The van der Waals surface area contributed by atoms with Crippen LogP contribution < -0.4 is 5.73 Å². The molecule has 1 aromatic rings. The third kappa shape index (κ3) is 3.35. The summed E-state index contributed by atoms with van der Waals surface area (Å²) in [5.41, 5.74) is 6.52. The molecule has 0 aromatic heterocycles. The average Bonchev–Trinajstić information content (AvgIpc) is 2.48. The first kappa shape index (κ1) is 14.9. The minimum Gasteiger partial charge on any atom is -0.392 e. The smallest absolute Gasteiger partial charge is 0.253 e. The second-order valence-corrected chi connectivity index (χ2v) is 5.49. The van der Waals surface area contributed by atoms with Crippen LogP contribution >= 0.6 is 12.2 Å². The Morgan fingerprint density at radius 1 is 1.25 bits per heavy atom. The molecule has 2 rings (SSSR count). The summed E-state index contributed by atoms with van der Waals surface area (Å²) >= 11 is 5.11. The molecule has 0 aliphatic carbocycles. The molecule has 0 saturated carbocycles. The van der Waals surface area contributed by atoms with Crippen LogP contribution in [0.25, 0.3) is 0 Å². The van der Waals surface area contributed by atoms with Crippen LogP contribution in [0.15, 0.2) is 30.3 Å². The zero-order valence-corrected chi connectivity index (χ0v) is 12.6. The van der Waals surface area contributed by atoms with E-state index in [4.69, 9.17) is 18.0 Å². The number of thiocarbonyl (C=S) groups is 1. The van der Waals surface area contributed by atoms with Crippen LogP contribution in [0.3, 0.4) is 0 Å². The van der Waals surface area contributed by atoms with Crippen LogP contribution in [0, 0.1) is 0 Å². The maximum atomic E-state index is 12.3. The third-order valence-electron chi connectivity index (χ3n) is 3.78. The van der Waals surface area contributed by atoms with Gasteiger partial charge in [-0.15, -0.1) is 0 Å². The molecule has 5 heteroatoms. The Morgan fingerprint density at radius 2 is 1.85 bits per heavy atom. The number of nitrogens with two attached hydrogens (primary N) is 1. The molecule has 0 radical (unpaired) electrons. The van der Waals surface area contributed by atoms with E-state index in [0.717, 1.165) is 38.2 Å². The van der Waals surface area contributed by atoms with Gasteiger partial charge < -0.3 is 10.6 Å². The average molecular weight is 291 g/mol. The fourth-order valence-electron chi connectivity index (χ4n) is 2.64. The summed E-state index contributed by atoms with van der Waals surface area (Å²) in [7, 11) is 0. The number of piperazine rings is 1. The largest absolute Gasteiger partial charge is 0.392 e. The van der Waals surface area contributed by atoms with Gasteiger partial charge in [0.05, 0.1) is 11.0 Å². The van der Waals surface area contributed by atoms with Gasteiger partial charge in [-0.25, -0.2) is 0 Å². The van der Waals surface area contributed by atoms with Gasteiger partial charge in [0.1, 0.15) is 0 Å². The van der Waals surface area contributed by atoms with Crippen LogP contribution in [-0.4, -0.2) is 52.9 Å². The lowest BCUT2D eigenvalue weighted by atomic mass is 10.1. The molecule has 1 aromatic carbocycles. The van der Waals surface area contributed by atoms with Gasteiger partial charge in [-0.1, -0.05) is 37.3 Å². The summed E-state index contributed by atoms with van der Waals surface area (Å²) in [6, 6.07) is 9.58. The van der Waals surface area contributed by atoms with Gasteiger partial charge in [0, 0.05) is 31.7 Å². The fraction of sp³-hybridized carbons (Fsp3) is 0.467. The standard InChI is InChI=1S/C15H21N3OS/c1-2-13(14(16)20)17-8-10-18(11-9-17)15(19)12-6-4-3-5-7-12/h3-7,13H,2,8-11H2,1H3,(H2,16,20). The maximum absolute atomic E-state index is 12.3. The highest BCUT2D eigenvalue weighted by Gasteiger charge is 2.26. The van der Waals surface area contributed by atoms with Crippen LogP contribution in [0.2, 0.25) is 0 Å². The van der Waals surface area contributed by atoms with Gasteiger partial charge >= 0.3 is 0 Å². The topological polar surface area (TPSA) is 49.6 Å². The number of nitrogens with zero attached hydrogens (tertiary/aromatic N) is 2. The number of amides is 1. The Bertz CT molecular complexity index is 469. The highest BCUT2D eigenvalue weighted by atomic mass is 32.1. The van der Waals surface area contributed by atoms with Gasteiger partial charge in [-0.3, -0.25) is 9.69 Å². The first-order valence-electron chi connectivity index (χ1n) is 7.01. The SMILES string of the molecule is CCC(C(N)=S)N1CCN(C(=O)c2ccccc2)CC1. The number of hydrogen-bond donors (Lipinski definition) is 1. The molecule has 1 aliphatic heterocycles. The lowest BCUT2D eigenvalue weighted by molar-refractivity contribution is 0.0612. The Kier molecular flexibility index (Phi) is 5.09. The van der Waals surface area contributed by atoms with Crippen molar-refractivity contribution < 1.29 is 4.79 Å². The Hall–Kier alpha value is -1.46. The summed E-state index contributed by atoms with van der Waals surface area (Å²) in [6.45, 7) is 5.20. The molecule has 0 spiro atoms. The van der Waals surface area contributed by atoms with E-state index < -0.39 is 0 Å². The summed E-state index contributed by atoms with van der Waals surface area (Å²) in [6.07, 6.45) is 0.919. The zero-order valence-electron chi connectivity index (χ0n) is 11.8. The minimum atomic E-state index is 0.105. The monoisotopic (exact) mass is 291 g/mol. The van der Waals surface area contributed by atoms with Gasteiger partial charge in [0.15, 0.2) is 0 Å². The van der Waals surface area contributed by atoms with Crippen molar-refractivity contribution in [3.8, 4) is 0 Å². The lowest BCUT2D eigenvalue weighted by Gasteiger charge is -2.38. The van der Waals surface area contributed by atoms with Crippen molar-refractivity contribution in [1.82, 2.24) is 9.80 Å². The Morgan fingerprint density at radius 3 is 2.35 bits per heavy atom. The van der Waals surface area contributed by atoms with Crippen molar-refractivity contribution >= 4 is 23.1 Å². The first-order chi connectivity index (χ1) is 9.63. The second kappa shape index (κ2) is 6.81. The van der Waals surface area contributed by atoms with Crippen molar-refractivity contribution in [2.75, 3.05) is 26.2 Å². The highest BCUT2D eigenvalue weighted by molar-refractivity contribution is 7.80. The van der Waals surface area contributed by atoms with Crippen LogP contribution in [-0.2, 0) is 0 Å². The van der Waals surface area contributed by atoms with Crippen LogP contribution in [0.5, 0.6) is 0 Å².